The van der Waals surface area contributed by atoms with Gasteiger partial charge in [-0.2, -0.15) is 0 Å². The van der Waals surface area contributed by atoms with Gasteiger partial charge in [0, 0.05) is 0 Å². The number of hydrogen-bond acceptors (Lipinski definition) is 0. The second-order valence-corrected chi connectivity index (χ2v) is 2.39. The monoisotopic (exact) mass is 148 g/mol. The van der Waals surface area contributed by atoms with Crippen LogP contribution in [-0.4, -0.2) is 0 Å². The van der Waals surface area contributed by atoms with Crippen molar-refractivity contribution in [3.05, 3.63) is 49.1 Å². The van der Waals surface area contributed by atoms with E-state index < -0.39 is 0 Å². The van der Waals surface area contributed by atoms with E-state index in [0.717, 1.165) is 0 Å². The Morgan fingerprint density at radius 1 is 1.09 bits per heavy atom. The molecule has 0 spiro atoms. The summed E-state index contributed by atoms with van der Waals surface area (Å²) in [5, 5.41) is 0. The molecular formula is C11H16. The van der Waals surface area contributed by atoms with E-state index >= 15 is 0 Å². The van der Waals surface area contributed by atoms with Crippen LogP contribution in [0, 0.1) is 5.92 Å². The lowest BCUT2D eigenvalue weighted by Gasteiger charge is -1.93. The summed E-state index contributed by atoms with van der Waals surface area (Å²) in [5.41, 5.74) is 0. The van der Waals surface area contributed by atoms with Crippen LogP contribution >= 0.6 is 0 Å². The smallest absolute Gasteiger partial charge is 0.00756 e. The first-order valence-corrected chi connectivity index (χ1v) is 3.90. The summed E-state index contributed by atoms with van der Waals surface area (Å²) in [6.45, 7) is 7.75. The second-order valence-electron chi connectivity index (χ2n) is 2.39. The van der Waals surface area contributed by atoms with Crippen LogP contribution in [-0.2, 0) is 0 Å². The van der Waals surface area contributed by atoms with Crippen molar-refractivity contribution in [1.82, 2.24) is 0 Å². The maximum absolute atomic E-state index is 3.60. The van der Waals surface area contributed by atoms with Crippen molar-refractivity contribution in [3.8, 4) is 0 Å². The Morgan fingerprint density at radius 2 is 1.73 bits per heavy atom. The van der Waals surface area contributed by atoms with Crippen LogP contribution in [0.4, 0.5) is 0 Å². The van der Waals surface area contributed by atoms with Gasteiger partial charge in [0.05, 0.1) is 0 Å². The van der Waals surface area contributed by atoms with Crippen LogP contribution in [0.5, 0.6) is 0 Å². The summed E-state index contributed by atoms with van der Waals surface area (Å²) in [7, 11) is 0. The third-order valence-electron chi connectivity index (χ3n) is 1.27. The van der Waals surface area contributed by atoms with Crippen LogP contribution < -0.4 is 0 Å². The van der Waals surface area contributed by atoms with Crippen LogP contribution in [0.2, 0.25) is 0 Å². The zero-order chi connectivity index (χ0) is 8.53. The third kappa shape index (κ3) is 6.85. The predicted octanol–water partition coefficient (Wildman–Crippen LogP) is 3.50. The minimum absolute atomic E-state index is 0.490. The van der Waals surface area contributed by atoms with E-state index in [1.165, 1.54) is 0 Å². The number of allylic oxidation sites excluding steroid dienone is 7. The third-order valence-corrected chi connectivity index (χ3v) is 1.27. The summed E-state index contributed by atoms with van der Waals surface area (Å²) in [6, 6.07) is 0. The molecule has 0 amide bonds. The molecule has 0 aliphatic carbocycles. The van der Waals surface area contributed by atoms with Crippen LogP contribution in [0.25, 0.3) is 0 Å². The van der Waals surface area contributed by atoms with Gasteiger partial charge in [0.1, 0.15) is 0 Å². The minimum Gasteiger partial charge on any atom is -0.0991 e. The van der Waals surface area contributed by atoms with Crippen molar-refractivity contribution >= 4 is 0 Å². The van der Waals surface area contributed by atoms with E-state index in [-0.39, 0.29) is 0 Å². The molecule has 0 aliphatic rings. The van der Waals surface area contributed by atoms with E-state index in [4.69, 9.17) is 0 Å². The molecule has 0 saturated carbocycles. The molecule has 0 radical (unpaired) electrons. The molecule has 0 heterocycles. The Labute approximate surface area is 69.6 Å². The molecule has 0 nitrogen and oxygen atoms in total. The Morgan fingerprint density at radius 3 is 2.27 bits per heavy atom. The Hall–Kier alpha value is -1.04. The van der Waals surface area contributed by atoms with Gasteiger partial charge in [0.2, 0.25) is 0 Å². The van der Waals surface area contributed by atoms with Crippen molar-refractivity contribution in [2.45, 2.75) is 13.8 Å². The van der Waals surface area contributed by atoms with Gasteiger partial charge in [-0.1, -0.05) is 56.0 Å². The molecule has 1 unspecified atom stereocenters. The minimum atomic E-state index is 0.490. The zero-order valence-electron chi connectivity index (χ0n) is 7.33. The largest absolute Gasteiger partial charge is 0.0991 e. The van der Waals surface area contributed by atoms with Gasteiger partial charge in [-0.05, 0) is 12.8 Å². The van der Waals surface area contributed by atoms with E-state index in [0.29, 0.717) is 5.92 Å². The van der Waals surface area contributed by atoms with Gasteiger partial charge in [-0.25, -0.2) is 0 Å². The Balaban J connectivity index is 3.75. The Bertz CT molecular complexity index is 170. The van der Waals surface area contributed by atoms with Crippen molar-refractivity contribution in [2.75, 3.05) is 0 Å². The fourth-order valence-electron chi connectivity index (χ4n) is 0.669. The molecule has 1 atom stereocenters. The lowest BCUT2D eigenvalue weighted by atomic mass is 10.1. The summed E-state index contributed by atoms with van der Waals surface area (Å²) < 4.78 is 0. The van der Waals surface area contributed by atoms with Gasteiger partial charge in [0.15, 0.2) is 0 Å². The van der Waals surface area contributed by atoms with Crippen molar-refractivity contribution in [1.29, 1.82) is 0 Å². The first kappa shape index (κ1) is 9.96. The molecule has 0 aliphatic heterocycles. The molecule has 11 heavy (non-hydrogen) atoms. The Kier molecular flexibility index (Phi) is 6.40. The molecule has 0 saturated heterocycles. The van der Waals surface area contributed by atoms with Crippen LogP contribution in [0.3, 0.4) is 0 Å². The average molecular weight is 148 g/mol. The van der Waals surface area contributed by atoms with Crippen molar-refractivity contribution < 1.29 is 0 Å². The highest BCUT2D eigenvalue weighted by Crippen LogP contribution is 1.99. The first-order chi connectivity index (χ1) is 5.31. The van der Waals surface area contributed by atoms with Gasteiger partial charge >= 0.3 is 0 Å². The fraction of sp³-hybridized carbons (Fsp3) is 0.273. The quantitative estimate of drug-likeness (QED) is 0.535. The summed E-state index contributed by atoms with van der Waals surface area (Å²) in [5.74, 6) is 0.490. The zero-order valence-corrected chi connectivity index (χ0v) is 7.33. The molecule has 0 heteroatoms. The lowest BCUT2D eigenvalue weighted by molar-refractivity contribution is 0.940. The lowest BCUT2D eigenvalue weighted by Crippen LogP contribution is -1.79. The van der Waals surface area contributed by atoms with E-state index in [1.54, 1.807) is 6.08 Å². The molecule has 0 aromatic heterocycles. The molecular weight excluding hydrogens is 132 g/mol. The van der Waals surface area contributed by atoms with Crippen molar-refractivity contribution in [2.24, 2.45) is 5.92 Å². The molecule has 0 aromatic carbocycles. The molecule has 0 bridgehead atoms. The number of hydrogen-bond donors (Lipinski definition) is 0. The van der Waals surface area contributed by atoms with Gasteiger partial charge in [0.25, 0.3) is 0 Å². The first-order valence-electron chi connectivity index (χ1n) is 3.90. The highest BCUT2D eigenvalue weighted by Gasteiger charge is 1.84. The topological polar surface area (TPSA) is 0 Å². The standard InChI is InChI=1S/C11H16/c1-4-6-8-10-11(3)9-7-5-2/h4-11H,2H2,1,3H3/b6-4-,9-7-,10-8-. The fourth-order valence-corrected chi connectivity index (χ4v) is 0.669. The summed E-state index contributed by atoms with van der Waals surface area (Å²) in [6.07, 6.45) is 14.1. The van der Waals surface area contributed by atoms with Crippen molar-refractivity contribution in [3.63, 3.8) is 0 Å². The maximum Gasteiger partial charge on any atom is -0.00756 e. The molecule has 0 rings (SSSR count). The van der Waals surface area contributed by atoms with Gasteiger partial charge in [-0.3, -0.25) is 0 Å². The van der Waals surface area contributed by atoms with Crippen LogP contribution in [0.1, 0.15) is 13.8 Å². The molecule has 0 fully saturated rings. The van der Waals surface area contributed by atoms with Gasteiger partial charge in [-0.15, -0.1) is 0 Å². The summed E-state index contributed by atoms with van der Waals surface area (Å²) >= 11 is 0. The van der Waals surface area contributed by atoms with Gasteiger partial charge < -0.3 is 0 Å². The highest BCUT2D eigenvalue weighted by atomic mass is 13.9. The summed E-state index contributed by atoms with van der Waals surface area (Å²) in [4.78, 5) is 0. The maximum atomic E-state index is 3.60. The normalized spacial score (nSPS) is 15.1. The SMILES string of the molecule is C=C/C=C\C(C)/C=C\C=C/C. The van der Waals surface area contributed by atoms with E-state index in [1.807, 2.05) is 25.2 Å². The molecule has 0 N–H and O–H groups in total. The highest BCUT2D eigenvalue weighted by molar-refractivity contribution is 5.09. The second kappa shape index (κ2) is 7.07. The number of rotatable bonds is 4. The average Bonchev–Trinajstić information content (AvgIpc) is 2.01. The van der Waals surface area contributed by atoms with E-state index in [9.17, 15) is 0 Å². The molecule has 0 aromatic rings. The van der Waals surface area contributed by atoms with Crippen LogP contribution in [0.15, 0.2) is 49.1 Å². The molecule has 60 valence electrons. The predicted molar refractivity (Wildman–Crippen MR) is 52.5 cm³/mol. The van der Waals surface area contributed by atoms with E-state index in [2.05, 4.69) is 31.7 Å².